The van der Waals surface area contributed by atoms with Gasteiger partial charge in [0.1, 0.15) is 6.54 Å². The standard InChI is InChI=1S/C23H27BrN2O7S/c1-4-32-17-10-15(9-16(24)21(17)33-13-20(28)31-3)11-18-22(29)26(23(30)34-18)12-19(27)25-7-5-14(2)6-8-25/h9-11,14H,4-8,12-13H2,1-3H3/b18-11-. The fraction of sp³-hybridized carbons (Fsp3) is 0.478. The van der Waals surface area contributed by atoms with Crippen molar-refractivity contribution in [2.24, 2.45) is 5.92 Å². The smallest absolute Gasteiger partial charge is 0.343 e. The van der Waals surface area contributed by atoms with Crippen LogP contribution < -0.4 is 9.47 Å². The number of carbonyl (C=O) groups excluding carboxylic acids is 4. The molecule has 9 nitrogen and oxygen atoms in total. The molecule has 2 fully saturated rings. The average Bonchev–Trinajstić information content (AvgIpc) is 3.06. The van der Waals surface area contributed by atoms with Crippen molar-refractivity contribution < 1.29 is 33.4 Å². The Morgan fingerprint density at radius 1 is 1.21 bits per heavy atom. The molecule has 3 rings (SSSR count). The van der Waals surface area contributed by atoms with Crippen LogP contribution in [0.15, 0.2) is 21.5 Å². The summed E-state index contributed by atoms with van der Waals surface area (Å²) in [6.45, 7) is 5.03. The summed E-state index contributed by atoms with van der Waals surface area (Å²) in [6.07, 6.45) is 3.41. The van der Waals surface area contributed by atoms with E-state index in [2.05, 4.69) is 27.6 Å². The third kappa shape index (κ3) is 6.32. The molecule has 2 saturated heterocycles. The van der Waals surface area contributed by atoms with Gasteiger partial charge in [0, 0.05) is 13.1 Å². The van der Waals surface area contributed by atoms with Crippen LogP contribution in [-0.4, -0.2) is 72.8 Å². The van der Waals surface area contributed by atoms with Crippen molar-refractivity contribution in [3.8, 4) is 11.5 Å². The summed E-state index contributed by atoms with van der Waals surface area (Å²) in [7, 11) is 1.26. The second-order valence-electron chi connectivity index (χ2n) is 7.96. The van der Waals surface area contributed by atoms with E-state index in [4.69, 9.17) is 9.47 Å². The van der Waals surface area contributed by atoms with Crippen molar-refractivity contribution >= 4 is 56.8 Å². The fourth-order valence-corrected chi connectivity index (χ4v) is 4.96. The van der Waals surface area contributed by atoms with E-state index in [9.17, 15) is 19.2 Å². The first-order valence-corrected chi connectivity index (χ1v) is 12.5. The Bertz CT molecular complexity index is 1010. The minimum absolute atomic E-state index is 0.211. The van der Waals surface area contributed by atoms with Crippen LogP contribution in [0.3, 0.4) is 0 Å². The zero-order valence-corrected chi connectivity index (χ0v) is 21.7. The highest BCUT2D eigenvalue weighted by Gasteiger charge is 2.37. The molecule has 2 heterocycles. The molecule has 0 aromatic heterocycles. The number of imide groups is 1. The minimum atomic E-state index is -0.541. The average molecular weight is 555 g/mol. The highest BCUT2D eigenvalue weighted by molar-refractivity contribution is 9.10. The largest absolute Gasteiger partial charge is 0.490 e. The maximum absolute atomic E-state index is 12.9. The zero-order chi connectivity index (χ0) is 24.8. The summed E-state index contributed by atoms with van der Waals surface area (Å²) in [4.78, 5) is 52.3. The number of benzene rings is 1. The number of thioether (sulfide) groups is 1. The number of nitrogens with zero attached hydrogens (tertiary/aromatic N) is 2. The van der Waals surface area contributed by atoms with E-state index in [0.29, 0.717) is 47.1 Å². The van der Waals surface area contributed by atoms with E-state index in [0.717, 1.165) is 29.5 Å². The third-order valence-corrected chi connectivity index (χ3v) is 6.99. The molecule has 0 N–H and O–H groups in total. The summed E-state index contributed by atoms with van der Waals surface area (Å²) in [6, 6.07) is 3.33. The number of hydrogen-bond acceptors (Lipinski definition) is 8. The lowest BCUT2D eigenvalue weighted by molar-refractivity contribution is -0.143. The Balaban J connectivity index is 1.75. The molecule has 0 bridgehead atoms. The highest BCUT2D eigenvalue weighted by Crippen LogP contribution is 2.39. The van der Waals surface area contributed by atoms with Gasteiger partial charge in [0.15, 0.2) is 18.1 Å². The van der Waals surface area contributed by atoms with Crippen molar-refractivity contribution in [1.82, 2.24) is 9.80 Å². The lowest BCUT2D eigenvalue weighted by Crippen LogP contribution is -2.45. The van der Waals surface area contributed by atoms with Crippen LogP contribution in [0.25, 0.3) is 6.08 Å². The van der Waals surface area contributed by atoms with Gasteiger partial charge in [-0.05, 0) is 77.1 Å². The van der Waals surface area contributed by atoms with Gasteiger partial charge in [-0.1, -0.05) is 6.92 Å². The van der Waals surface area contributed by atoms with Crippen LogP contribution in [0.5, 0.6) is 11.5 Å². The Morgan fingerprint density at radius 3 is 2.56 bits per heavy atom. The van der Waals surface area contributed by atoms with E-state index < -0.39 is 17.1 Å². The number of rotatable bonds is 8. The Hall–Kier alpha value is -2.53. The SMILES string of the molecule is CCOc1cc(/C=C2\SC(=O)N(CC(=O)N3CCC(C)CC3)C2=O)cc(Br)c1OCC(=O)OC. The van der Waals surface area contributed by atoms with Crippen molar-refractivity contribution in [2.75, 3.05) is 40.0 Å². The first-order chi connectivity index (χ1) is 16.2. The summed E-state index contributed by atoms with van der Waals surface area (Å²) in [5.74, 6) is -0.0134. The molecule has 3 amide bonds. The van der Waals surface area contributed by atoms with E-state index in [1.54, 1.807) is 30.0 Å². The van der Waals surface area contributed by atoms with E-state index in [1.165, 1.54) is 7.11 Å². The molecule has 2 aliphatic heterocycles. The number of esters is 1. The molecule has 0 spiro atoms. The summed E-state index contributed by atoms with van der Waals surface area (Å²) in [5.41, 5.74) is 0.586. The Labute approximate surface area is 210 Å². The predicted octanol–water partition coefficient (Wildman–Crippen LogP) is 3.69. The van der Waals surface area contributed by atoms with E-state index >= 15 is 0 Å². The number of carbonyl (C=O) groups is 4. The van der Waals surface area contributed by atoms with Gasteiger partial charge in [0.25, 0.3) is 11.1 Å². The molecule has 0 unspecified atom stereocenters. The maximum atomic E-state index is 12.9. The molecule has 0 aliphatic carbocycles. The molecule has 1 aromatic rings. The van der Waals surface area contributed by atoms with E-state index in [-0.39, 0.29) is 24.0 Å². The van der Waals surface area contributed by atoms with Gasteiger partial charge in [-0.3, -0.25) is 19.3 Å². The minimum Gasteiger partial charge on any atom is -0.490 e. The number of methoxy groups -OCH3 is 1. The molecule has 0 saturated carbocycles. The van der Waals surface area contributed by atoms with Gasteiger partial charge in [-0.15, -0.1) is 0 Å². The van der Waals surface area contributed by atoms with Crippen molar-refractivity contribution in [2.45, 2.75) is 26.7 Å². The van der Waals surface area contributed by atoms with Gasteiger partial charge in [0.05, 0.1) is 23.1 Å². The van der Waals surface area contributed by atoms with Crippen LogP contribution in [0, 0.1) is 5.92 Å². The normalized spacial score (nSPS) is 17.9. The second kappa shape index (κ2) is 11.7. The molecule has 0 radical (unpaired) electrons. The monoisotopic (exact) mass is 554 g/mol. The molecule has 2 aliphatic rings. The lowest BCUT2D eigenvalue weighted by atomic mass is 9.99. The topological polar surface area (TPSA) is 102 Å². The molecule has 11 heteroatoms. The number of ether oxygens (including phenoxy) is 3. The fourth-order valence-electron chi connectivity index (χ4n) is 3.55. The van der Waals surface area contributed by atoms with Gasteiger partial charge < -0.3 is 19.1 Å². The first-order valence-electron chi connectivity index (χ1n) is 10.9. The van der Waals surface area contributed by atoms with E-state index in [1.807, 2.05) is 0 Å². The molecule has 1 aromatic carbocycles. The quantitative estimate of drug-likeness (QED) is 0.354. The number of piperidine rings is 1. The van der Waals surface area contributed by atoms with Crippen LogP contribution >= 0.6 is 27.7 Å². The number of amides is 3. The summed E-state index contributed by atoms with van der Waals surface area (Å²) in [5, 5.41) is -0.475. The van der Waals surface area contributed by atoms with Crippen molar-refractivity contribution in [1.29, 1.82) is 0 Å². The van der Waals surface area contributed by atoms with Crippen LogP contribution in [0.4, 0.5) is 4.79 Å². The second-order valence-corrected chi connectivity index (χ2v) is 9.81. The number of halogens is 1. The number of likely N-dealkylation sites (tertiary alicyclic amines) is 1. The van der Waals surface area contributed by atoms with Crippen LogP contribution in [0.1, 0.15) is 32.3 Å². The highest BCUT2D eigenvalue weighted by atomic mass is 79.9. The van der Waals surface area contributed by atoms with Gasteiger partial charge >= 0.3 is 5.97 Å². The maximum Gasteiger partial charge on any atom is 0.343 e. The molecule has 0 atom stereocenters. The molecular weight excluding hydrogens is 528 g/mol. The summed E-state index contributed by atoms with van der Waals surface area (Å²) >= 11 is 4.19. The Morgan fingerprint density at radius 2 is 1.91 bits per heavy atom. The zero-order valence-electron chi connectivity index (χ0n) is 19.3. The van der Waals surface area contributed by atoms with Crippen molar-refractivity contribution in [3.05, 3.63) is 27.1 Å². The van der Waals surface area contributed by atoms with Gasteiger partial charge in [-0.25, -0.2) is 4.79 Å². The van der Waals surface area contributed by atoms with Crippen LogP contribution in [-0.2, 0) is 19.1 Å². The summed E-state index contributed by atoms with van der Waals surface area (Å²) < 4.78 is 16.2. The Kier molecular flexibility index (Phi) is 9.01. The predicted molar refractivity (Wildman–Crippen MR) is 130 cm³/mol. The van der Waals surface area contributed by atoms with Gasteiger partial charge in [-0.2, -0.15) is 0 Å². The molecule has 34 heavy (non-hydrogen) atoms. The van der Waals surface area contributed by atoms with Crippen LogP contribution in [0.2, 0.25) is 0 Å². The first kappa shape index (κ1) is 26.1. The third-order valence-electron chi connectivity index (χ3n) is 5.49. The van der Waals surface area contributed by atoms with Crippen molar-refractivity contribution in [3.63, 3.8) is 0 Å². The van der Waals surface area contributed by atoms with Gasteiger partial charge in [0.2, 0.25) is 5.91 Å². The molecule has 184 valence electrons. The molecular formula is C23H27BrN2O7S. The lowest BCUT2D eigenvalue weighted by Gasteiger charge is -2.31. The number of hydrogen-bond donors (Lipinski definition) is 0.